The van der Waals surface area contributed by atoms with E-state index in [0.717, 1.165) is 0 Å². The fourth-order valence-corrected chi connectivity index (χ4v) is 1.22. The number of amides is 1. The van der Waals surface area contributed by atoms with Crippen molar-refractivity contribution in [1.82, 2.24) is 10.3 Å². The van der Waals surface area contributed by atoms with Crippen LogP contribution in [0, 0.1) is 5.41 Å². The molecule has 0 radical (unpaired) electrons. The van der Waals surface area contributed by atoms with Crippen LogP contribution in [0.5, 0.6) is 0 Å². The summed E-state index contributed by atoms with van der Waals surface area (Å²) in [6, 6.07) is 3.26. The van der Waals surface area contributed by atoms with E-state index in [0.29, 0.717) is 10.2 Å². The maximum Gasteiger partial charge on any atom is 0.310 e. The monoisotopic (exact) mass is 300 g/mol. The zero-order chi connectivity index (χ0) is 13.1. The number of aromatic nitrogens is 1. The Morgan fingerprint density at radius 2 is 2.12 bits per heavy atom. The van der Waals surface area contributed by atoms with E-state index >= 15 is 0 Å². The molecule has 0 aliphatic rings. The van der Waals surface area contributed by atoms with Crippen molar-refractivity contribution in [2.24, 2.45) is 5.41 Å². The number of rotatable bonds is 4. The topological polar surface area (TPSA) is 79.3 Å². The third-order valence-electron chi connectivity index (χ3n) is 2.26. The average molecular weight is 301 g/mol. The van der Waals surface area contributed by atoms with Crippen molar-refractivity contribution in [3.63, 3.8) is 0 Å². The van der Waals surface area contributed by atoms with Crippen molar-refractivity contribution in [2.75, 3.05) is 6.54 Å². The van der Waals surface area contributed by atoms with Gasteiger partial charge in [0.1, 0.15) is 4.60 Å². The Bertz CT molecular complexity index is 429. The first-order chi connectivity index (χ1) is 7.83. The number of nitrogens with one attached hydrogen (secondary N) is 1. The molecular formula is C11H13BrN2O3. The van der Waals surface area contributed by atoms with E-state index in [9.17, 15) is 9.59 Å². The minimum atomic E-state index is -0.988. The van der Waals surface area contributed by atoms with Crippen molar-refractivity contribution in [3.05, 3.63) is 28.5 Å². The Hall–Kier alpha value is -1.43. The van der Waals surface area contributed by atoms with E-state index in [4.69, 9.17) is 5.11 Å². The maximum absolute atomic E-state index is 11.7. The molecule has 0 aliphatic heterocycles. The van der Waals surface area contributed by atoms with Gasteiger partial charge < -0.3 is 10.4 Å². The number of aliphatic carboxylic acids is 1. The van der Waals surface area contributed by atoms with Gasteiger partial charge in [-0.05, 0) is 41.9 Å². The smallest absolute Gasteiger partial charge is 0.310 e. The number of halogens is 1. The number of carboxylic acids is 1. The molecule has 1 rings (SSSR count). The summed E-state index contributed by atoms with van der Waals surface area (Å²) in [5.74, 6) is -1.29. The lowest BCUT2D eigenvalue weighted by molar-refractivity contribution is -0.146. The molecule has 92 valence electrons. The van der Waals surface area contributed by atoms with Gasteiger partial charge in [-0.15, -0.1) is 0 Å². The molecule has 0 unspecified atom stereocenters. The highest BCUT2D eigenvalue weighted by molar-refractivity contribution is 9.10. The van der Waals surface area contributed by atoms with Crippen LogP contribution in [0.3, 0.4) is 0 Å². The molecule has 17 heavy (non-hydrogen) atoms. The molecule has 0 bridgehead atoms. The summed E-state index contributed by atoms with van der Waals surface area (Å²) in [7, 11) is 0. The normalized spacial score (nSPS) is 11.0. The molecule has 0 aliphatic carbocycles. The van der Waals surface area contributed by atoms with Crippen LogP contribution < -0.4 is 5.32 Å². The van der Waals surface area contributed by atoms with Gasteiger partial charge in [-0.25, -0.2) is 4.98 Å². The van der Waals surface area contributed by atoms with Crippen LogP contribution in [0.25, 0.3) is 0 Å². The van der Waals surface area contributed by atoms with Crippen molar-refractivity contribution < 1.29 is 14.7 Å². The number of nitrogens with zero attached hydrogens (tertiary/aromatic N) is 1. The highest BCUT2D eigenvalue weighted by atomic mass is 79.9. The zero-order valence-electron chi connectivity index (χ0n) is 9.53. The van der Waals surface area contributed by atoms with Gasteiger partial charge in [-0.1, -0.05) is 0 Å². The molecule has 1 heterocycles. The SMILES string of the molecule is CC(C)(CNC(=O)c1ccc(Br)nc1)C(=O)O. The van der Waals surface area contributed by atoms with Gasteiger partial charge >= 0.3 is 5.97 Å². The summed E-state index contributed by atoms with van der Waals surface area (Å²) in [5, 5.41) is 11.5. The predicted molar refractivity (Wildman–Crippen MR) is 65.7 cm³/mol. The van der Waals surface area contributed by atoms with E-state index in [-0.39, 0.29) is 12.5 Å². The molecule has 0 saturated carbocycles. The van der Waals surface area contributed by atoms with Gasteiger partial charge in [0.25, 0.3) is 5.91 Å². The summed E-state index contributed by atoms with van der Waals surface area (Å²) in [6.45, 7) is 3.17. The number of hydrogen-bond acceptors (Lipinski definition) is 3. The lowest BCUT2D eigenvalue weighted by Gasteiger charge is -2.19. The summed E-state index contributed by atoms with van der Waals surface area (Å²) in [5.41, 5.74) is -0.590. The second-order valence-corrected chi connectivity index (χ2v) is 5.05. The second-order valence-electron chi connectivity index (χ2n) is 4.24. The highest BCUT2D eigenvalue weighted by Gasteiger charge is 2.27. The van der Waals surface area contributed by atoms with Crippen molar-refractivity contribution >= 4 is 27.8 Å². The van der Waals surface area contributed by atoms with Gasteiger partial charge in [0.2, 0.25) is 0 Å². The lowest BCUT2D eigenvalue weighted by atomic mass is 9.94. The van der Waals surface area contributed by atoms with Gasteiger partial charge in [0, 0.05) is 12.7 Å². The Kier molecular flexibility index (Phi) is 4.22. The number of carbonyl (C=O) groups excluding carboxylic acids is 1. The van der Waals surface area contributed by atoms with Crippen molar-refractivity contribution in [1.29, 1.82) is 0 Å². The van der Waals surface area contributed by atoms with Crippen LogP contribution in [-0.2, 0) is 4.79 Å². The van der Waals surface area contributed by atoms with Gasteiger partial charge in [0.05, 0.1) is 11.0 Å². The van der Waals surface area contributed by atoms with Crippen LogP contribution in [0.15, 0.2) is 22.9 Å². The van der Waals surface area contributed by atoms with Gasteiger partial charge in [-0.3, -0.25) is 9.59 Å². The quantitative estimate of drug-likeness (QED) is 0.829. The maximum atomic E-state index is 11.7. The van der Waals surface area contributed by atoms with Gasteiger partial charge in [0.15, 0.2) is 0 Å². The number of carbonyl (C=O) groups is 2. The standard InChI is InChI=1S/C11H13BrN2O3/c1-11(2,10(16)17)6-14-9(15)7-3-4-8(12)13-5-7/h3-5H,6H2,1-2H3,(H,14,15)(H,16,17). The molecule has 0 fully saturated rings. The molecule has 0 atom stereocenters. The van der Waals surface area contributed by atoms with Crippen molar-refractivity contribution in [3.8, 4) is 0 Å². The van der Waals surface area contributed by atoms with E-state index in [1.54, 1.807) is 26.0 Å². The molecule has 1 amide bonds. The Morgan fingerprint density at radius 3 is 2.59 bits per heavy atom. The predicted octanol–water partition coefficient (Wildman–Crippen LogP) is 1.68. The van der Waals surface area contributed by atoms with Crippen LogP contribution in [0.1, 0.15) is 24.2 Å². The Morgan fingerprint density at radius 1 is 1.47 bits per heavy atom. The molecule has 6 heteroatoms. The van der Waals surface area contributed by atoms with Crippen LogP contribution in [0.4, 0.5) is 0 Å². The summed E-state index contributed by atoms with van der Waals surface area (Å²) >= 11 is 3.16. The Balaban J connectivity index is 2.62. The molecule has 5 nitrogen and oxygen atoms in total. The van der Waals surface area contributed by atoms with E-state index in [1.807, 2.05) is 0 Å². The lowest BCUT2D eigenvalue weighted by Crippen LogP contribution is -2.38. The first-order valence-corrected chi connectivity index (χ1v) is 5.75. The summed E-state index contributed by atoms with van der Waals surface area (Å²) in [6.07, 6.45) is 1.42. The third-order valence-corrected chi connectivity index (χ3v) is 2.73. The number of carboxylic acid groups (broad SMARTS) is 1. The summed E-state index contributed by atoms with van der Waals surface area (Å²) < 4.78 is 0.639. The molecule has 0 aromatic carbocycles. The third kappa shape index (κ3) is 3.81. The first kappa shape index (κ1) is 13.6. The van der Waals surface area contributed by atoms with E-state index in [1.165, 1.54) is 6.20 Å². The fourth-order valence-electron chi connectivity index (χ4n) is 0.989. The molecule has 1 aromatic rings. The molecule has 0 saturated heterocycles. The number of hydrogen-bond donors (Lipinski definition) is 2. The minimum absolute atomic E-state index is 0.0667. The first-order valence-electron chi connectivity index (χ1n) is 4.96. The molecule has 0 spiro atoms. The fraction of sp³-hybridized carbons (Fsp3) is 0.364. The zero-order valence-corrected chi connectivity index (χ0v) is 11.1. The number of pyridine rings is 1. The highest BCUT2D eigenvalue weighted by Crippen LogP contribution is 2.13. The van der Waals surface area contributed by atoms with E-state index in [2.05, 4.69) is 26.2 Å². The summed E-state index contributed by atoms with van der Waals surface area (Å²) in [4.78, 5) is 26.4. The minimum Gasteiger partial charge on any atom is -0.481 e. The Labute approximate surface area is 107 Å². The molecule has 1 aromatic heterocycles. The molecule has 2 N–H and O–H groups in total. The van der Waals surface area contributed by atoms with Crippen LogP contribution in [-0.4, -0.2) is 28.5 Å². The van der Waals surface area contributed by atoms with E-state index < -0.39 is 11.4 Å². The average Bonchev–Trinajstić information content (AvgIpc) is 2.27. The van der Waals surface area contributed by atoms with Crippen LogP contribution in [0.2, 0.25) is 0 Å². The second kappa shape index (κ2) is 5.27. The van der Waals surface area contributed by atoms with Crippen LogP contribution >= 0.6 is 15.9 Å². The molecular weight excluding hydrogens is 288 g/mol. The largest absolute Gasteiger partial charge is 0.481 e. The van der Waals surface area contributed by atoms with Gasteiger partial charge in [-0.2, -0.15) is 0 Å². The van der Waals surface area contributed by atoms with Crippen molar-refractivity contribution in [2.45, 2.75) is 13.8 Å².